The molecule has 1 atom stereocenters. The lowest BCUT2D eigenvalue weighted by Crippen LogP contribution is -2.58. The Balaban J connectivity index is 1.67. The van der Waals surface area contributed by atoms with E-state index in [2.05, 4.69) is 26.5 Å². The predicted octanol–water partition coefficient (Wildman–Crippen LogP) is -0.365. The molecule has 1 aliphatic heterocycles. The van der Waals surface area contributed by atoms with E-state index < -0.39 is 12.3 Å². The highest BCUT2D eigenvalue weighted by Gasteiger charge is 2.27. The number of carbonyl (C=O) groups excluding carboxylic acids is 1. The first-order chi connectivity index (χ1) is 11.0. The Labute approximate surface area is 132 Å². The smallest absolute Gasteiger partial charge is 0.356 e. The number of nitrogens with zero attached hydrogens (tertiary/aromatic N) is 2. The van der Waals surface area contributed by atoms with Crippen LogP contribution in [0.3, 0.4) is 0 Å². The third-order valence-corrected chi connectivity index (χ3v) is 3.54. The minimum absolute atomic E-state index is 0.0658. The first kappa shape index (κ1) is 15.1. The second-order valence-electron chi connectivity index (χ2n) is 5.48. The largest absolute Gasteiger partial charge is 0.476 e. The number of amides is 1. The van der Waals surface area contributed by atoms with Crippen LogP contribution in [0.15, 0.2) is 30.2 Å². The summed E-state index contributed by atoms with van der Waals surface area (Å²) < 4.78 is 0. The van der Waals surface area contributed by atoms with Crippen molar-refractivity contribution in [1.82, 2.24) is 26.1 Å². The Hall–Kier alpha value is -2.81. The Morgan fingerprint density at radius 3 is 2.87 bits per heavy atom. The van der Waals surface area contributed by atoms with Crippen molar-refractivity contribution in [3.05, 3.63) is 35.9 Å². The van der Waals surface area contributed by atoms with E-state index in [-0.39, 0.29) is 17.6 Å². The summed E-state index contributed by atoms with van der Waals surface area (Å²) in [5.74, 6) is -1.28. The number of hydrogen-bond donors (Lipinski definition) is 5. The van der Waals surface area contributed by atoms with Crippen LogP contribution in [-0.2, 0) is 4.79 Å². The van der Waals surface area contributed by atoms with Crippen LogP contribution >= 0.6 is 0 Å². The second kappa shape index (κ2) is 6.13. The van der Waals surface area contributed by atoms with Crippen molar-refractivity contribution >= 4 is 17.6 Å². The van der Waals surface area contributed by atoms with E-state index in [0.29, 0.717) is 11.4 Å². The van der Waals surface area contributed by atoms with Crippen molar-refractivity contribution in [1.29, 1.82) is 0 Å². The fourth-order valence-corrected chi connectivity index (χ4v) is 2.14. The number of aromatic nitrogens is 1. The molecule has 9 heteroatoms. The highest BCUT2D eigenvalue weighted by molar-refractivity contribution is 5.93. The number of aromatic carboxylic acids is 1. The van der Waals surface area contributed by atoms with Gasteiger partial charge in [0.2, 0.25) is 0 Å². The Morgan fingerprint density at radius 1 is 1.43 bits per heavy atom. The first-order valence-electron chi connectivity index (χ1n) is 7.25. The maximum atomic E-state index is 12.0. The zero-order valence-electron chi connectivity index (χ0n) is 12.5. The molecule has 2 heterocycles. The van der Waals surface area contributed by atoms with Crippen molar-refractivity contribution < 1.29 is 14.7 Å². The van der Waals surface area contributed by atoms with Crippen molar-refractivity contribution in [2.24, 2.45) is 0 Å². The standard InChI is InChI=1S/C14H18N6O3/c1-20-7-10(12(21)16-8-4-5-8)18-19-14(20)17-9-3-2-6-15-11(9)13(22)23/h2-3,6-8,14,17-19H,4-5H2,1H3,(H,16,21)(H,22,23). The van der Waals surface area contributed by atoms with Crippen LogP contribution in [0.2, 0.25) is 0 Å². The molecule has 5 N–H and O–H groups in total. The van der Waals surface area contributed by atoms with Gasteiger partial charge in [-0.15, -0.1) is 0 Å². The minimum Gasteiger partial charge on any atom is -0.476 e. The molecule has 1 fully saturated rings. The van der Waals surface area contributed by atoms with Crippen molar-refractivity contribution in [3.8, 4) is 0 Å². The lowest BCUT2D eigenvalue weighted by molar-refractivity contribution is -0.118. The molecule has 0 radical (unpaired) electrons. The van der Waals surface area contributed by atoms with Gasteiger partial charge >= 0.3 is 5.97 Å². The summed E-state index contributed by atoms with van der Waals surface area (Å²) in [6.45, 7) is 0. The Morgan fingerprint density at radius 2 is 2.22 bits per heavy atom. The van der Waals surface area contributed by atoms with Crippen molar-refractivity contribution in [3.63, 3.8) is 0 Å². The fraction of sp³-hybridized carbons (Fsp3) is 0.357. The van der Waals surface area contributed by atoms with Crippen LogP contribution in [0.1, 0.15) is 23.3 Å². The third-order valence-electron chi connectivity index (χ3n) is 3.54. The number of rotatable bonds is 5. The average molecular weight is 318 g/mol. The van der Waals surface area contributed by atoms with E-state index in [1.807, 2.05) is 0 Å². The summed E-state index contributed by atoms with van der Waals surface area (Å²) in [5.41, 5.74) is 6.47. The molecule has 1 aromatic rings. The maximum absolute atomic E-state index is 12.0. The molecule has 0 bridgehead atoms. The quantitative estimate of drug-likeness (QED) is 0.499. The van der Waals surface area contributed by atoms with E-state index in [1.54, 1.807) is 30.3 Å². The van der Waals surface area contributed by atoms with Gasteiger partial charge < -0.3 is 26.1 Å². The molecule has 1 unspecified atom stereocenters. The fourth-order valence-electron chi connectivity index (χ4n) is 2.14. The summed E-state index contributed by atoms with van der Waals surface area (Å²) in [6.07, 6.45) is 4.68. The molecule has 0 saturated heterocycles. The molecule has 0 aromatic carbocycles. The van der Waals surface area contributed by atoms with Gasteiger partial charge in [-0.2, -0.15) is 5.43 Å². The zero-order chi connectivity index (χ0) is 16.4. The van der Waals surface area contributed by atoms with Gasteiger partial charge in [-0.25, -0.2) is 9.78 Å². The van der Waals surface area contributed by atoms with Gasteiger partial charge in [0, 0.05) is 25.5 Å². The molecule has 2 aliphatic rings. The van der Waals surface area contributed by atoms with Gasteiger partial charge in [-0.3, -0.25) is 4.79 Å². The van der Waals surface area contributed by atoms with Crippen LogP contribution in [-0.4, -0.2) is 46.2 Å². The van der Waals surface area contributed by atoms with Gasteiger partial charge in [-0.05, 0) is 25.0 Å². The monoisotopic (exact) mass is 318 g/mol. The molecule has 1 amide bonds. The highest BCUT2D eigenvalue weighted by Crippen LogP contribution is 2.19. The normalized spacial score (nSPS) is 20.3. The van der Waals surface area contributed by atoms with E-state index in [1.165, 1.54) is 6.20 Å². The van der Waals surface area contributed by atoms with E-state index in [4.69, 9.17) is 5.11 Å². The number of carbonyl (C=O) groups is 2. The maximum Gasteiger partial charge on any atom is 0.356 e. The number of carboxylic acids is 1. The van der Waals surface area contributed by atoms with Gasteiger partial charge in [0.15, 0.2) is 12.0 Å². The van der Waals surface area contributed by atoms with Crippen LogP contribution < -0.4 is 21.5 Å². The number of nitrogens with one attached hydrogen (secondary N) is 4. The summed E-state index contributed by atoms with van der Waals surface area (Å²) in [4.78, 5) is 28.7. The van der Waals surface area contributed by atoms with Crippen LogP contribution in [0, 0.1) is 0 Å². The molecular weight excluding hydrogens is 300 g/mol. The predicted molar refractivity (Wildman–Crippen MR) is 81.9 cm³/mol. The van der Waals surface area contributed by atoms with Gasteiger partial charge in [0.25, 0.3) is 5.91 Å². The number of pyridine rings is 1. The SMILES string of the molecule is CN1C=C(C(=O)NC2CC2)NNC1Nc1cccnc1C(=O)O. The Kier molecular flexibility index (Phi) is 4.02. The molecule has 1 aromatic heterocycles. The summed E-state index contributed by atoms with van der Waals surface area (Å²) in [7, 11) is 1.77. The zero-order valence-corrected chi connectivity index (χ0v) is 12.5. The number of carboxylic acid groups (broad SMARTS) is 1. The molecule has 0 spiro atoms. The molecule has 9 nitrogen and oxygen atoms in total. The van der Waals surface area contributed by atoms with Crippen molar-refractivity contribution in [2.75, 3.05) is 12.4 Å². The Bertz CT molecular complexity index is 658. The number of hydrazine groups is 1. The molecule has 1 saturated carbocycles. The highest BCUT2D eigenvalue weighted by atomic mass is 16.4. The lowest BCUT2D eigenvalue weighted by atomic mass is 10.3. The summed E-state index contributed by atoms with van der Waals surface area (Å²) in [5, 5.41) is 15.1. The number of anilines is 1. The third kappa shape index (κ3) is 3.51. The second-order valence-corrected chi connectivity index (χ2v) is 5.48. The topological polar surface area (TPSA) is 119 Å². The molecule has 1 aliphatic carbocycles. The van der Waals surface area contributed by atoms with Gasteiger partial charge in [-0.1, -0.05) is 0 Å². The van der Waals surface area contributed by atoms with E-state index >= 15 is 0 Å². The van der Waals surface area contributed by atoms with Crippen LogP contribution in [0.5, 0.6) is 0 Å². The summed E-state index contributed by atoms with van der Waals surface area (Å²) in [6, 6.07) is 3.56. The minimum atomic E-state index is -1.11. The van der Waals surface area contributed by atoms with Crippen LogP contribution in [0.25, 0.3) is 0 Å². The van der Waals surface area contributed by atoms with E-state index in [0.717, 1.165) is 12.8 Å². The first-order valence-corrected chi connectivity index (χ1v) is 7.25. The van der Waals surface area contributed by atoms with Gasteiger partial charge in [0.1, 0.15) is 5.70 Å². The van der Waals surface area contributed by atoms with Crippen molar-refractivity contribution in [2.45, 2.75) is 25.2 Å². The van der Waals surface area contributed by atoms with Crippen LogP contribution in [0.4, 0.5) is 5.69 Å². The lowest BCUT2D eigenvalue weighted by Gasteiger charge is -2.34. The van der Waals surface area contributed by atoms with Gasteiger partial charge in [0.05, 0.1) is 5.69 Å². The molecule has 3 rings (SSSR count). The molecular formula is C14H18N6O3. The van der Waals surface area contributed by atoms with E-state index in [9.17, 15) is 9.59 Å². The summed E-state index contributed by atoms with van der Waals surface area (Å²) >= 11 is 0. The average Bonchev–Trinajstić information content (AvgIpc) is 3.33. The molecule has 122 valence electrons. The number of hydrogen-bond acceptors (Lipinski definition) is 7. The molecule has 23 heavy (non-hydrogen) atoms.